The molecule has 0 spiro atoms. The van der Waals surface area contributed by atoms with E-state index in [0.717, 1.165) is 111 Å². The number of piperazine rings is 1. The summed E-state index contributed by atoms with van der Waals surface area (Å²) in [5.41, 5.74) is 4.50. The van der Waals surface area contributed by atoms with Gasteiger partial charge >= 0.3 is 0 Å². The normalized spacial score (nSPS) is 20.5. The molecule has 9 rings (SSSR count). The minimum Gasteiger partial charge on any atom is -0.487 e. The molecule has 62 heavy (non-hydrogen) atoms. The first-order valence-electron chi connectivity index (χ1n) is 21.5. The SMILES string of the molecule is [C-]#[N+]c1cc(Cl)cc(C(C)(C)c2ccc(OCc3ccnc(N4CCC(N5CC(CN6CCN(c7cccc8c7C(=O)N(C7CCC(=O)NC7=O)C8=O)CC6)C5)CC4)n3)cc2)c1. The van der Waals surface area contributed by atoms with Crippen molar-refractivity contribution in [1.29, 1.82) is 0 Å². The van der Waals surface area contributed by atoms with Gasteiger partial charge in [0, 0.05) is 88.0 Å². The number of benzene rings is 3. The number of aromatic nitrogens is 2. The third-order valence-corrected chi connectivity index (χ3v) is 13.5. The van der Waals surface area contributed by atoms with Crippen LogP contribution in [0.2, 0.25) is 5.02 Å². The molecule has 0 aliphatic carbocycles. The van der Waals surface area contributed by atoms with Crippen molar-refractivity contribution in [3.63, 3.8) is 0 Å². The number of halogens is 1. The molecule has 5 aliphatic rings. The average molecular weight is 856 g/mol. The first-order valence-corrected chi connectivity index (χ1v) is 21.9. The minimum atomic E-state index is -0.974. The Bertz CT molecular complexity index is 2430. The third-order valence-electron chi connectivity index (χ3n) is 13.3. The van der Waals surface area contributed by atoms with Gasteiger partial charge in [0.1, 0.15) is 18.4 Å². The molecule has 0 saturated carbocycles. The van der Waals surface area contributed by atoms with E-state index in [9.17, 15) is 19.2 Å². The summed E-state index contributed by atoms with van der Waals surface area (Å²) < 4.78 is 6.15. The molecule has 1 unspecified atom stereocenters. The lowest BCUT2D eigenvalue weighted by Gasteiger charge is -2.49. The van der Waals surface area contributed by atoms with Crippen LogP contribution in [0.3, 0.4) is 0 Å². The molecule has 0 bridgehead atoms. The molecule has 1 N–H and O–H groups in total. The van der Waals surface area contributed by atoms with Crippen molar-refractivity contribution in [2.45, 2.75) is 63.6 Å². The molecule has 3 aromatic carbocycles. The maximum absolute atomic E-state index is 13.6. The fourth-order valence-electron chi connectivity index (χ4n) is 9.66. The topological polar surface area (TPSA) is 136 Å². The predicted octanol–water partition coefficient (Wildman–Crippen LogP) is 5.71. The fourth-order valence-corrected chi connectivity index (χ4v) is 9.89. The lowest BCUT2D eigenvalue weighted by atomic mass is 9.78. The summed E-state index contributed by atoms with van der Waals surface area (Å²) in [7, 11) is 0. The van der Waals surface area contributed by atoms with Crippen molar-refractivity contribution in [3.05, 3.63) is 117 Å². The Morgan fingerprint density at radius 3 is 2.35 bits per heavy atom. The Kier molecular flexibility index (Phi) is 11.4. The zero-order chi connectivity index (χ0) is 43.1. The molecule has 5 aliphatic heterocycles. The number of anilines is 2. The van der Waals surface area contributed by atoms with E-state index in [4.69, 9.17) is 27.9 Å². The van der Waals surface area contributed by atoms with Crippen LogP contribution in [0.15, 0.2) is 72.9 Å². The molecular weight excluding hydrogens is 806 g/mol. The van der Waals surface area contributed by atoms with Gasteiger partial charge in [0.15, 0.2) is 5.69 Å². The summed E-state index contributed by atoms with van der Waals surface area (Å²) in [6, 6.07) is 20.4. The van der Waals surface area contributed by atoms with Crippen LogP contribution in [0, 0.1) is 12.5 Å². The number of hydrogen-bond donors (Lipinski definition) is 1. The van der Waals surface area contributed by atoms with Gasteiger partial charge in [0.2, 0.25) is 17.8 Å². The maximum atomic E-state index is 13.6. The van der Waals surface area contributed by atoms with Gasteiger partial charge in [-0.2, -0.15) is 0 Å². The number of amides is 4. The van der Waals surface area contributed by atoms with Gasteiger partial charge < -0.3 is 14.5 Å². The Balaban J connectivity index is 0.711. The van der Waals surface area contributed by atoms with Crippen molar-refractivity contribution in [3.8, 4) is 5.75 Å². The highest BCUT2D eigenvalue weighted by Crippen LogP contribution is 2.37. The maximum Gasteiger partial charge on any atom is 0.264 e. The van der Waals surface area contributed by atoms with Crippen LogP contribution in [0.25, 0.3) is 4.85 Å². The predicted molar refractivity (Wildman–Crippen MR) is 235 cm³/mol. The molecule has 320 valence electrons. The quantitative estimate of drug-likeness (QED) is 0.147. The largest absolute Gasteiger partial charge is 0.487 e. The highest BCUT2D eigenvalue weighted by molar-refractivity contribution is 6.31. The van der Waals surface area contributed by atoms with Gasteiger partial charge in [-0.05, 0) is 78.8 Å². The van der Waals surface area contributed by atoms with Crippen LogP contribution in [0.1, 0.15) is 77.1 Å². The number of fused-ring (bicyclic) bond motifs is 1. The van der Waals surface area contributed by atoms with Gasteiger partial charge in [-0.25, -0.2) is 14.8 Å². The first kappa shape index (κ1) is 41.5. The standard InChI is InChI=1S/C47H50ClN9O5/c1-47(2,32-23-33(48)25-35(24-32)49-3)31-7-9-37(10-8-31)62-29-34-13-16-50-46(51-34)55-17-14-36(15-18-55)56-27-30(28-56)26-53-19-21-54(22-20-53)39-6-4-5-38-42(39)45(61)57(44(38)60)40-11-12-41(58)52-43(40)59/h4-10,13,16,23-25,30,36,40H,11-12,14-15,17-22,26-29H2,1-2H3,(H,52,58,59). The van der Waals surface area contributed by atoms with Crippen LogP contribution in [0.5, 0.6) is 5.75 Å². The lowest BCUT2D eigenvalue weighted by molar-refractivity contribution is -0.136. The van der Waals surface area contributed by atoms with Crippen LogP contribution in [-0.4, -0.2) is 119 Å². The number of nitrogens with zero attached hydrogens (tertiary/aromatic N) is 8. The number of hydrogen-bond acceptors (Lipinski definition) is 11. The zero-order valence-corrected chi connectivity index (χ0v) is 35.8. The van der Waals surface area contributed by atoms with Gasteiger partial charge in [-0.15, -0.1) is 0 Å². The third kappa shape index (κ3) is 8.24. The first-order chi connectivity index (χ1) is 29.9. The van der Waals surface area contributed by atoms with E-state index in [1.54, 1.807) is 18.2 Å². The van der Waals surface area contributed by atoms with E-state index in [0.29, 0.717) is 40.4 Å². The van der Waals surface area contributed by atoms with Crippen molar-refractivity contribution >= 4 is 52.6 Å². The number of carbonyl (C=O) groups excluding carboxylic acids is 4. The van der Waals surface area contributed by atoms with Crippen LogP contribution >= 0.6 is 11.6 Å². The fraction of sp³-hybridized carbons (Fsp3) is 0.426. The number of piperidine rings is 2. The molecule has 6 heterocycles. The smallest absolute Gasteiger partial charge is 0.264 e. The van der Waals surface area contributed by atoms with E-state index < -0.39 is 23.8 Å². The molecule has 1 aromatic heterocycles. The molecule has 0 radical (unpaired) electrons. The summed E-state index contributed by atoms with van der Waals surface area (Å²) in [6.07, 6.45) is 4.18. The second kappa shape index (κ2) is 17.1. The molecule has 4 aromatic rings. The van der Waals surface area contributed by atoms with E-state index in [-0.39, 0.29) is 24.2 Å². The van der Waals surface area contributed by atoms with Crippen molar-refractivity contribution in [2.75, 3.05) is 68.7 Å². The molecule has 14 nitrogen and oxygen atoms in total. The lowest BCUT2D eigenvalue weighted by Crippen LogP contribution is -2.59. The van der Waals surface area contributed by atoms with Crippen molar-refractivity contribution < 1.29 is 23.9 Å². The van der Waals surface area contributed by atoms with E-state index in [1.165, 1.54) is 0 Å². The molecule has 4 fully saturated rings. The Morgan fingerprint density at radius 1 is 0.871 bits per heavy atom. The molecule has 1 atom stereocenters. The molecular formula is C47H50ClN9O5. The zero-order valence-electron chi connectivity index (χ0n) is 35.1. The number of carbonyl (C=O) groups is 4. The summed E-state index contributed by atoms with van der Waals surface area (Å²) >= 11 is 6.31. The highest BCUT2D eigenvalue weighted by atomic mass is 35.5. The van der Waals surface area contributed by atoms with E-state index in [2.05, 4.69) is 60.7 Å². The second-order valence-electron chi connectivity index (χ2n) is 17.6. The van der Waals surface area contributed by atoms with Crippen molar-refractivity contribution in [1.82, 2.24) is 30.0 Å². The molecule has 15 heteroatoms. The van der Waals surface area contributed by atoms with Gasteiger partial charge in [0.25, 0.3) is 11.8 Å². The number of likely N-dealkylation sites (tertiary alicyclic amines) is 1. The Labute approximate surface area is 366 Å². The van der Waals surface area contributed by atoms with Crippen LogP contribution < -0.4 is 19.9 Å². The van der Waals surface area contributed by atoms with Gasteiger partial charge in [-0.3, -0.25) is 39.2 Å². The van der Waals surface area contributed by atoms with Gasteiger partial charge in [-0.1, -0.05) is 49.7 Å². The molecule has 4 saturated heterocycles. The summed E-state index contributed by atoms with van der Waals surface area (Å²) in [5, 5.41) is 2.83. The van der Waals surface area contributed by atoms with Crippen LogP contribution in [0.4, 0.5) is 17.3 Å². The second-order valence-corrected chi connectivity index (χ2v) is 18.0. The Morgan fingerprint density at radius 2 is 1.63 bits per heavy atom. The molecule has 4 amide bonds. The number of ether oxygens (including phenoxy) is 1. The average Bonchev–Trinajstić information content (AvgIpc) is 3.52. The van der Waals surface area contributed by atoms with E-state index >= 15 is 0 Å². The summed E-state index contributed by atoms with van der Waals surface area (Å²) in [5.74, 6) is 0.192. The summed E-state index contributed by atoms with van der Waals surface area (Å²) in [6.45, 7) is 20.2. The van der Waals surface area contributed by atoms with Gasteiger partial charge in [0.05, 0.1) is 29.1 Å². The summed E-state index contributed by atoms with van der Waals surface area (Å²) in [4.78, 5) is 74.9. The van der Waals surface area contributed by atoms with Crippen LogP contribution in [-0.2, 0) is 21.6 Å². The number of rotatable bonds is 11. The number of imide groups is 2. The number of nitrogens with one attached hydrogen (secondary N) is 1. The van der Waals surface area contributed by atoms with Crippen molar-refractivity contribution in [2.24, 2.45) is 5.92 Å². The monoisotopic (exact) mass is 855 g/mol. The Hall–Kier alpha value is -5.88. The minimum absolute atomic E-state index is 0.0957. The highest BCUT2D eigenvalue weighted by Gasteiger charge is 2.46. The van der Waals surface area contributed by atoms with E-state index in [1.807, 2.05) is 42.6 Å².